The number of aryl methyl sites for hydroxylation is 1. The summed E-state index contributed by atoms with van der Waals surface area (Å²) in [6.45, 7) is 6.10. The molecule has 0 fully saturated rings. The number of carbonyl (C=O) groups excluding carboxylic acids is 2. The lowest BCUT2D eigenvalue weighted by Crippen LogP contribution is -2.22. The van der Waals surface area contributed by atoms with Crippen LogP contribution < -0.4 is 5.43 Å². The molecule has 0 amide bonds. The van der Waals surface area contributed by atoms with Crippen molar-refractivity contribution in [3.63, 3.8) is 0 Å². The molecule has 0 aliphatic rings. The van der Waals surface area contributed by atoms with E-state index in [0.717, 1.165) is 31.7 Å². The molecule has 2 aromatic rings. The van der Waals surface area contributed by atoms with Gasteiger partial charge in [0.2, 0.25) is 5.43 Å². The lowest BCUT2D eigenvalue weighted by atomic mass is 9.97. The van der Waals surface area contributed by atoms with Crippen LogP contribution >= 0.6 is 0 Å². The summed E-state index contributed by atoms with van der Waals surface area (Å²) in [7, 11) is 0. The number of unbranched alkanes of at least 4 members (excludes halogenated alkanes) is 9. The van der Waals surface area contributed by atoms with Gasteiger partial charge in [-0.3, -0.25) is 9.59 Å². The molecule has 8 heteroatoms. The first kappa shape index (κ1) is 30.0. The van der Waals surface area contributed by atoms with E-state index in [9.17, 15) is 19.6 Å². The fraction of sp³-hybridized carbons (Fsp3) is 0.586. The van der Waals surface area contributed by atoms with E-state index in [0.29, 0.717) is 12.1 Å². The monoisotopic (exact) mass is 514 g/mol. The molecular formula is C29H39FN2O5. The van der Waals surface area contributed by atoms with E-state index in [2.05, 4.69) is 6.92 Å². The molecule has 1 unspecified atom stereocenters. The van der Waals surface area contributed by atoms with Crippen molar-refractivity contribution in [1.82, 2.24) is 4.57 Å². The van der Waals surface area contributed by atoms with E-state index in [1.807, 2.05) is 0 Å². The number of benzene rings is 1. The number of pyridine rings is 1. The molecule has 1 atom stereocenters. The molecule has 2 rings (SSSR count). The maximum atomic E-state index is 15.0. The zero-order valence-corrected chi connectivity index (χ0v) is 22.3. The number of nitrogens with zero attached hydrogens (tertiary/aromatic N) is 2. The number of aromatic nitrogens is 1. The third-order valence-corrected chi connectivity index (χ3v) is 6.41. The molecule has 1 aromatic carbocycles. The quantitative estimate of drug-likeness (QED) is 0.190. The van der Waals surface area contributed by atoms with Crippen molar-refractivity contribution in [2.24, 2.45) is 0 Å². The van der Waals surface area contributed by atoms with Gasteiger partial charge in [-0.2, -0.15) is 5.26 Å². The highest BCUT2D eigenvalue weighted by molar-refractivity contribution is 5.94. The average molecular weight is 515 g/mol. The van der Waals surface area contributed by atoms with Crippen LogP contribution in [0.25, 0.3) is 10.9 Å². The van der Waals surface area contributed by atoms with Crippen LogP contribution in [-0.2, 0) is 20.8 Å². The predicted molar refractivity (Wildman–Crippen MR) is 141 cm³/mol. The van der Waals surface area contributed by atoms with E-state index in [1.165, 1.54) is 50.8 Å². The van der Waals surface area contributed by atoms with Crippen LogP contribution in [0.4, 0.5) is 4.39 Å². The number of esters is 2. The highest BCUT2D eigenvalue weighted by atomic mass is 19.1. The van der Waals surface area contributed by atoms with E-state index < -0.39 is 29.1 Å². The molecule has 0 N–H and O–H groups in total. The molecule has 0 saturated carbocycles. The highest BCUT2D eigenvalue weighted by Crippen LogP contribution is 2.26. The number of fused-ring (bicyclic) bond motifs is 1. The molecule has 1 heterocycles. The van der Waals surface area contributed by atoms with Crippen LogP contribution in [0.2, 0.25) is 0 Å². The molecule has 0 radical (unpaired) electrons. The predicted octanol–water partition coefficient (Wildman–Crippen LogP) is 6.41. The van der Waals surface area contributed by atoms with Crippen LogP contribution in [0.5, 0.6) is 0 Å². The van der Waals surface area contributed by atoms with Crippen molar-refractivity contribution < 1.29 is 23.5 Å². The largest absolute Gasteiger partial charge is 0.465 e. The second-order valence-electron chi connectivity index (χ2n) is 9.17. The number of nitriles is 1. The van der Waals surface area contributed by atoms with Gasteiger partial charge >= 0.3 is 11.9 Å². The zero-order chi connectivity index (χ0) is 27.2. The number of hydrogen-bond acceptors (Lipinski definition) is 6. The van der Waals surface area contributed by atoms with E-state index in [-0.39, 0.29) is 29.7 Å². The van der Waals surface area contributed by atoms with Gasteiger partial charge in [0.1, 0.15) is 11.4 Å². The summed E-state index contributed by atoms with van der Waals surface area (Å²) in [6, 6.07) is 4.14. The smallest absolute Gasteiger partial charge is 0.343 e. The Morgan fingerprint density at radius 1 is 0.946 bits per heavy atom. The van der Waals surface area contributed by atoms with E-state index in [4.69, 9.17) is 9.47 Å². The van der Waals surface area contributed by atoms with Crippen molar-refractivity contribution in [2.75, 3.05) is 13.2 Å². The molecule has 0 bridgehead atoms. The fourth-order valence-corrected chi connectivity index (χ4v) is 4.43. The summed E-state index contributed by atoms with van der Waals surface area (Å²) in [4.78, 5) is 37.7. The molecule has 202 valence electrons. The standard InChI is InChI=1S/C29H39FN2O5/c1-4-7-8-9-10-11-12-13-14-15-16-32-20-24(29(35)37-6-3)27(33)22-17-25(30)21(18-26(22)32)23(19-31)28(34)36-5-2/h17-18,20,23H,4-16H2,1-3H3. The van der Waals surface area contributed by atoms with Gasteiger partial charge in [-0.15, -0.1) is 0 Å². The first-order valence-electron chi connectivity index (χ1n) is 13.5. The van der Waals surface area contributed by atoms with E-state index >= 15 is 4.39 Å². The van der Waals surface area contributed by atoms with Crippen LogP contribution in [0.1, 0.15) is 107 Å². The van der Waals surface area contributed by atoms with Crippen molar-refractivity contribution in [1.29, 1.82) is 5.26 Å². The minimum atomic E-state index is -1.46. The maximum Gasteiger partial charge on any atom is 0.343 e. The number of ether oxygens (including phenoxy) is 2. The molecule has 0 spiro atoms. The second-order valence-corrected chi connectivity index (χ2v) is 9.17. The minimum absolute atomic E-state index is 0.000527. The molecule has 1 aromatic heterocycles. The summed E-state index contributed by atoms with van der Waals surface area (Å²) in [5.41, 5.74) is -0.623. The number of hydrogen-bond donors (Lipinski definition) is 0. The maximum absolute atomic E-state index is 15.0. The first-order valence-corrected chi connectivity index (χ1v) is 13.5. The lowest BCUT2D eigenvalue weighted by molar-refractivity contribution is -0.143. The Labute approximate surface area is 218 Å². The van der Waals surface area contributed by atoms with Crippen LogP contribution in [0, 0.1) is 17.1 Å². The van der Waals surface area contributed by atoms with Crippen LogP contribution in [0.3, 0.4) is 0 Å². The van der Waals surface area contributed by atoms with Crippen molar-refractivity contribution in [3.05, 3.63) is 45.5 Å². The Bertz CT molecular complexity index is 1150. The zero-order valence-electron chi connectivity index (χ0n) is 22.3. The number of rotatable bonds is 16. The summed E-state index contributed by atoms with van der Waals surface area (Å²) in [5, 5.41) is 9.53. The normalized spacial score (nSPS) is 11.8. The highest BCUT2D eigenvalue weighted by Gasteiger charge is 2.27. The van der Waals surface area contributed by atoms with E-state index in [1.54, 1.807) is 24.5 Å². The topological polar surface area (TPSA) is 98.4 Å². The van der Waals surface area contributed by atoms with Crippen LogP contribution in [0.15, 0.2) is 23.1 Å². The number of carbonyl (C=O) groups is 2. The third-order valence-electron chi connectivity index (χ3n) is 6.41. The molecule has 0 aliphatic carbocycles. The van der Waals surface area contributed by atoms with Gasteiger partial charge in [-0.1, -0.05) is 64.7 Å². The van der Waals surface area contributed by atoms with Crippen molar-refractivity contribution in [2.45, 2.75) is 97.4 Å². The summed E-state index contributed by atoms with van der Waals surface area (Å²) in [6.07, 6.45) is 13.0. The first-order chi connectivity index (χ1) is 17.9. The SMILES string of the molecule is CCCCCCCCCCCCn1cc(C(=O)OCC)c(=O)c2cc(F)c(C(C#N)C(=O)OCC)cc21. The Morgan fingerprint density at radius 3 is 2.11 bits per heavy atom. The number of halogens is 1. The third kappa shape index (κ3) is 8.41. The van der Waals surface area contributed by atoms with Crippen molar-refractivity contribution >= 4 is 22.8 Å². The second kappa shape index (κ2) is 15.8. The Kier molecular flexibility index (Phi) is 12.8. The average Bonchev–Trinajstić information content (AvgIpc) is 2.87. The van der Waals surface area contributed by atoms with Gasteiger partial charge in [-0.05, 0) is 32.4 Å². The van der Waals surface area contributed by atoms with Gasteiger partial charge in [0.25, 0.3) is 0 Å². The van der Waals surface area contributed by atoms with Gasteiger partial charge in [0.15, 0.2) is 5.92 Å². The summed E-state index contributed by atoms with van der Waals surface area (Å²) < 4.78 is 26.7. The van der Waals surface area contributed by atoms with Gasteiger partial charge in [0.05, 0.1) is 24.8 Å². The van der Waals surface area contributed by atoms with Gasteiger partial charge in [-0.25, -0.2) is 9.18 Å². The molecule has 37 heavy (non-hydrogen) atoms. The Balaban J connectivity index is 2.29. The fourth-order valence-electron chi connectivity index (χ4n) is 4.43. The molecular weight excluding hydrogens is 475 g/mol. The Morgan fingerprint density at radius 2 is 1.54 bits per heavy atom. The van der Waals surface area contributed by atoms with Gasteiger partial charge < -0.3 is 14.0 Å². The Hall–Kier alpha value is -3.21. The minimum Gasteiger partial charge on any atom is -0.465 e. The van der Waals surface area contributed by atoms with Crippen molar-refractivity contribution in [3.8, 4) is 6.07 Å². The molecule has 0 saturated heterocycles. The lowest BCUT2D eigenvalue weighted by Gasteiger charge is -2.16. The van der Waals surface area contributed by atoms with Crippen LogP contribution in [-0.4, -0.2) is 29.7 Å². The molecule has 0 aliphatic heterocycles. The summed E-state index contributed by atoms with van der Waals surface area (Å²) >= 11 is 0. The van der Waals surface area contributed by atoms with Gasteiger partial charge in [0, 0.05) is 23.7 Å². The molecule has 7 nitrogen and oxygen atoms in total. The summed E-state index contributed by atoms with van der Waals surface area (Å²) in [5.74, 6) is -3.96.